The van der Waals surface area contributed by atoms with E-state index in [1.807, 2.05) is 0 Å². The Bertz CT molecular complexity index is 158. The van der Waals surface area contributed by atoms with Gasteiger partial charge in [0.1, 0.15) is 0 Å². The van der Waals surface area contributed by atoms with Gasteiger partial charge >= 0.3 is 22.9 Å². The number of nitriles is 1. The van der Waals surface area contributed by atoms with Gasteiger partial charge in [0.2, 0.25) is 0 Å². The largest absolute Gasteiger partial charge is 0.712 e. The Labute approximate surface area is 71.8 Å². The van der Waals surface area contributed by atoms with Gasteiger partial charge in [-0.15, -0.1) is 5.26 Å². The third kappa shape index (κ3) is 3.08. The lowest BCUT2D eigenvalue weighted by Gasteiger charge is -2.38. The molecule has 0 amide bonds. The monoisotopic (exact) mass is 188 g/mol. The van der Waals surface area contributed by atoms with Gasteiger partial charge in [-0.1, -0.05) is 0 Å². The third-order valence-electron chi connectivity index (χ3n) is 1.32. The molecule has 0 heterocycles. The normalized spacial score (nSPS) is 12.5. The first-order chi connectivity index (χ1) is 4.69. The van der Waals surface area contributed by atoms with E-state index in [2.05, 4.69) is 49.3 Å². The first-order valence-electron chi connectivity index (χ1n) is 3.84. The summed E-state index contributed by atoms with van der Waals surface area (Å²) in [6, 6.07) is 0. The van der Waals surface area contributed by atoms with Gasteiger partial charge in [0.15, 0.2) is 0 Å². The summed E-state index contributed by atoms with van der Waals surface area (Å²) in [5, 5.41) is 8.91. The Morgan fingerprint density at radius 3 is 1.18 bits per heavy atom. The fourth-order valence-corrected chi connectivity index (χ4v) is 9.09. The van der Waals surface area contributed by atoms with Crippen LogP contribution in [-0.4, -0.2) is 16.6 Å². The lowest BCUT2D eigenvalue weighted by molar-refractivity contribution is 0.310. The molecule has 0 spiro atoms. The molecule has 0 radical (unpaired) electrons. The average molecular weight is 188 g/mol. The van der Waals surface area contributed by atoms with Crippen LogP contribution in [0.3, 0.4) is 0 Å². The quantitative estimate of drug-likeness (QED) is 0.372. The van der Waals surface area contributed by atoms with Crippen LogP contribution < -0.4 is 0 Å². The van der Waals surface area contributed by atoms with Crippen molar-refractivity contribution in [1.29, 1.82) is 5.26 Å². The average Bonchev–Trinajstić information content (AvgIpc) is 1.56. The van der Waals surface area contributed by atoms with Crippen molar-refractivity contribution in [2.75, 3.05) is 0 Å². The van der Waals surface area contributed by atoms with Crippen LogP contribution >= 0.6 is 0 Å². The molecule has 0 bridgehead atoms. The first kappa shape index (κ1) is 10.7. The van der Waals surface area contributed by atoms with E-state index < -0.39 is 16.6 Å². The fourth-order valence-electron chi connectivity index (χ4n) is 1.19. The first-order valence-corrected chi connectivity index (χ1v) is 10.7. The third-order valence-corrected chi connectivity index (χ3v) is 7.62. The molecule has 0 aromatic heterocycles. The summed E-state index contributed by atoms with van der Waals surface area (Å²) in [6.45, 7) is 13.1. The van der Waals surface area contributed by atoms with Gasteiger partial charge in [-0.2, -0.15) is 0 Å². The minimum atomic E-state index is -1.47. The summed E-state index contributed by atoms with van der Waals surface area (Å²) >= 11 is 0. The van der Waals surface area contributed by atoms with Gasteiger partial charge in [-0.05, 0) is 0 Å². The summed E-state index contributed by atoms with van der Waals surface area (Å²) in [4.78, 5) is 0. The summed E-state index contributed by atoms with van der Waals surface area (Å²) in [7, 11) is -2.94. The molecule has 0 N–H and O–H groups in total. The molecule has 0 fully saturated rings. The van der Waals surface area contributed by atoms with E-state index >= 15 is 0 Å². The number of hydrogen-bond acceptors (Lipinski definition) is 1. The molecule has 2 nitrogen and oxygen atoms in total. The van der Waals surface area contributed by atoms with Gasteiger partial charge in [0.05, 0.1) is 0 Å². The second kappa shape index (κ2) is 2.99. The Hall–Kier alpha value is -0.276. The zero-order valence-electron chi connectivity index (χ0n) is 8.36. The minimum absolute atomic E-state index is 1.47. The number of nitrogens with zero attached hydrogens (tertiary/aromatic N) is 1. The standard InChI is InChI=1S/C7H18NOSi2/c1-10(2,3)9(7-8)11(4,5)6/h1-6H3/q+1. The van der Waals surface area contributed by atoms with E-state index in [1.165, 1.54) is 0 Å². The van der Waals surface area contributed by atoms with Crippen LogP contribution in [0.25, 0.3) is 0 Å². The molecule has 0 atom stereocenters. The second-order valence-corrected chi connectivity index (χ2v) is 14.3. The Morgan fingerprint density at radius 1 is 0.909 bits per heavy atom. The molecule has 0 saturated heterocycles. The van der Waals surface area contributed by atoms with E-state index in [9.17, 15) is 0 Å². The lowest BCUT2D eigenvalue weighted by atomic mass is 11.6. The predicted octanol–water partition coefficient (Wildman–Crippen LogP) is 2.69. The molecule has 0 aromatic carbocycles. The number of rotatable bonds is 2. The lowest BCUT2D eigenvalue weighted by Crippen LogP contribution is -2.49. The molecule has 0 saturated carbocycles. The minimum Gasteiger partial charge on any atom is -0.712 e. The van der Waals surface area contributed by atoms with Crippen LogP contribution in [0.5, 0.6) is 0 Å². The molecular weight excluding hydrogens is 170 g/mol. The van der Waals surface area contributed by atoms with Crippen LogP contribution in [-0.2, 0) is 3.75 Å². The highest BCUT2D eigenvalue weighted by Gasteiger charge is 2.43. The maximum Gasteiger partial charge on any atom is 0.421 e. The highest BCUT2D eigenvalue weighted by Crippen LogP contribution is 2.23. The Kier molecular flexibility index (Phi) is 2.92. The molecule has 0 aliphatic heterocycles. The van der Waals surface area contributed by atoms with Crippen molar-refractivity contribution in [2.24, 2.45) is 0 Å². The molecule has 0 rings (SSSR count). The molecule has 0 aliphatic rings. The van der Waals surface area contributed by atoms with Gasteiger partial charge < -0.3 is 3.75 Å². The van der Waals surface area contributed by atoms with Gasteiger partial charge in [0.25, 0.3) is 0 Å². The Morgan fingerprint density at radius 2 is 1.18 bits per heavy atom. The van der Waals surface area contributed by atoms with E-state index in [-0.39, 0.29) is 0 Å². The van der Waals surface area contributed by atoms with Crippen LogP contribution in [0.1, 0.15) is 0 Å². The molecular formula is C7H18NOSi2+. The fraction of sp³-hybridized carbons (Fsp3) is 0.857. The van der Waals surface area contributed by atoms with E-state index in [0.717, 1.165) is 0 Å². The van der Waals surface area contributed by atoms with Crippen molar-refractivity contribution in [3.8, 4) is 6.26 Å². The van der Waals surface area contributed by atoms with Gasteiger partial charge in [-0.25, -0.2) is 0 Å². The molecule has 0 aliphatic carbocycles. The molecule has 4 heteroatoms. The van der Waals surface area contributed by atoms with Crippen molar-refractivity contribution in [3.63, 3.8) is 0 Å². The molecule has 11 heavy (non-hydrogen) atoms. The maximum atomic E-state index is 8.91. The van der Waals surface area contributed by atoms with E-state index in [1.54, 1.807) is 0 Å². The SMILES string of the molecule is C[Si](C)(C)[O+](C#N)[Si](C)(C)C. The molecule has 0 unspecified atom stereocenters. The summed E-state index contributed by atoms with van der Waals surface area (Å²) in [5.41, 5.74) is 0. The molecule has 0 aromatic rings. The van der Waals surface area contributed by atoms with Crippen molar-refractivity contribution < 1.29 is 3.75 Å². The zero-order chi connectivity index (χ0) is 9.28. The summed E-state index contributed by atoms with van der Waals surface area (Å²) in [6.07, 6.45) is 2.26. The number of hydrogen-bond donors (Lipinski definition) is 0. The van der Waals surface area contributed by atoms with Crippen LogP contribution in [0.15, 0.2) is 0 Å². The topological polar surface area (TPSA) is 26.5 Å². The van der Waals surface area contributed by atoms with E-state index in [0.29, 0.717) is 0 Å². The zero-order valence-corrected chi connectivity index (χ0v) is 10.4. The second-order valence-electron chi connectivity index (χ2n) is 4.62. The van der Waals surface area contributed by atoms with Crippen LogP contribution in [0.2, 0.25) is 39.3 Å². The highest BCUT2D eigenvalue weighted by atomic mass is 28.4. The highest BCUT2D eigenvalue weighted by molar-refractivity contribution is 6.85. The smallest absolute Gasteiger partial charge is 0.421 e. The predicted molar refractivity (Wildman–Crippen MR) is 53.4 cm³/mol. The summed E-state index contributed by atoms with van der Waals surface area (Å²) in [5.74, 6) is 0. The maximum absolute atomic E-state index is 8.91. The summed E-state index contributed by atoms with van der Waals surface area (Å²) < 4.78 is 2.93. The van der Waals surface area contributed by atoms with Crippen molar-refractivity contribution >= 4 is 16.6 Å². The van der Waals surface area contributed by atoms with Crippen molar-refractivity contribution in [1.82, 2.24) is 0 Å². The van der Waals surface area contributed by atoms with Crippen LogP contribution in [0, 0.1) is 11.5 Å². The van der Waals surface area contributed by atoms with Crippen LogP contribution in [0.4, 0.5) is 0 Å². The van der Waals surface area contributed by atoms with Crippen molar-refractivity contribution in [2.45, 2.75) is 39.3 Å². The van der Waals surface area contributed by atoms with E-state index in [4.69, 9.17) is 5.26 Å². The molecule has 64 valence electrons. The van der Waals surface area contributed by atoms with Crippen molar-refractivity contribution in [3.05, 3.63) is 0 Å². The van der Waals surface area contributed by atoms with Gasteiger partial charge in [-0.3, -0.25) is 0 Å². The Balaban J connectivity index is 4.60. The van der Waals surface area contributed by atoms with Gasteiger partial charge in [0, 0.05) is 39.3 Å².